The van der Waals surface area contributed by atoms with Gasteiger partial charge in [0.2, 0.25) is 11.8 Å². The third kappa shape index (κ3) is 6.64. The second-order valence-corrected chi connectivity index (χ2v) is 7.63. The molecule has 1 aliphatic heterocycles. The number of carbonyl (C=O) groups excluding carboxylic acids is 2. The molecule has 0 aliphatic carbocycles. The van der Waals surface area contributed by atoms with Crippen LogP contribution in [-0.2, 0) is 9.59 Å². The molecule has 2 N–H and O–H groups in total. The summed E-state index contributed by atoms with van der Waals surface area (Å²) in [6, 6.07) is 0. The van der Waals surface area contributed by atoms with Gasteiger partial charge >= 0.3 is 0 Å². The first-order valence-corrected chi connectivity index (χ1v) is 8.65. The molecular weight excluding hydrogens is 314 g/mol. The predicted molar refractivity (Wildman–Crippen MR) is 91.5 cm³/mol. The van der Waals surface area contributed by atoms with Crippen molar-refractivity contribution in [3.63, 3.8) is 0 Å². The van der Waals surface area contributed by atoms with Crippen LogP contribution in [0.25, 0.3) is 0 Å². The van der Waals surface area contributed by atoms with E-state index >= 15 is 0 Å². The second kappa shape index (κ2) is 7.85. The minimum Gasteiger partial charge on any atom is -0.350 e. The molecule has 1 aliphatic rings. The molecule has 2 rings (SSSR count). The lowest BCUT2D eigenvalue weighted by Gasteiger charge is -2.34. The summed E-state index contributed by atoms with van der Waals surface area (Å²) < 4.78 is 0. The van der Waals surface area contributed by atoms with E-state index in [1.165, 1.54) is 11.3 Å². The Balaban J connectivity index is 1.67. The summed E-state index contributed by atoms with van der Waals surface area (Å²) in [5.74, 6) is 0.00587. The van der Waals surface area contributed by atoms with Gasteiger partial charge in [-0.3, -0.25) is 19.4 Å². The number of carbonyl (C=O) groups is 2. The van der Waals surface area contributed by atoms with Crippen LogP contribution in [0.3, 0.4) is 0 Å². The lowest BCUT2D eigenvalue weighted by atomic mass is 10.1. The molecule has 1 aromatic rings. The number of amides is 2. The van der Waals surface area contributed by atoms with Crippen molar-refractivity contribution >= 4 is 28.3 Å². The fourth-order valence-electron chi connectivity index (χ4n) is 2.41. The molecule has 0 unspecified atom stereocenters. The van der Waals surface area contributed by atoms with Crippen molar-refractivity contribution in [1.82, 2.24) is 20.1 Å². The minimum absolute atomic E-state index is 0.0427. The number of piperazine rings is 1. The fourth-order valence-corrected chi connectivity index (χ4v) is 2.96. The standard InChI is InChI=1S/C15H25N5O2S/c1-15(2,3)18-13(22)11-20-7-5-19(6-8-20)10-12(21)17-14-16-4-9-23-14/h4,9H,5-8,10-11H2,1-3H3,(H,18,22)(H,16,17,21). The van der Waals surface area contributed by atoms with Crippen LogP contribution in [-0.4, -0.2) is 71.4 Å². The largest absolute Gasteiger partial charge is 0.350 e. The van der Waals surface area contributed by atoms with Crippen molar-refractivity contribution < 1.29 is 9.59 Å². The average molecular weight is 339 g/mol. The molecule has 0 spiro atoms. The van der Waals surface area contributed by atoms with E-state index in [1.807, 2.05) is 26.2 Å². The first-order chi connectivity index (χ1) is 10.8. The smallest absolute Gasteiger partial charge is 0.240 e. The highest BCUT2D eigenvalue weighted by Crippen LogP contribution is 2.10. The summed E-state index contributed by atoms with van der Waals surface area (Å²) in [7, 11) is 0. The number of rotatable bonds is 5. The monoisotopic (exact) mass is 339 g/mol. The summed E-state index contributed by atoms with van der Waals surface area (Å²) in [6.45, 7) is 9.86. The van der Waals surface area contributed by atoms with E-state index in [-0.39, 0.29) is 17.4 Å². The third-order valence-electron chi connectivity index (χ3n) is 3.39. The highest BCUT2D eigenvalue weighted by atomic mass is 32.1. The maximum absolute atomic E-state index is 11.9. The van der Waals surface area contributed by atoms with Gasteiger partial charge in [0.25, 0.3) is 0 Å². The molecule has 0 radical (unpaired) electrons. The maximum atomic E-state index is 11.9. The van der Waals surface area contributed by atoms with Crippen LogP contribution in [0, 0.1) is 0 Å². The highest BCUT2D eigenvalue weighted by molar-refractivity contribution is 7.13. The Kier molecular flexibility index (Phi) is 6.09. The molecule has 8 heteroatoms. The van der Waals surface area contributed by atoms with Crippen molar-refractivity contribution in [3.8, 4) is 0 Å². The Morgan fingerprint density at radius 3 is 2.17 bits per heavy atom. The molecule has 2 heterocycles. The molecule has 0 bridgehead atoms. The molecule has 1 aromatic heterocycles. The molecule has 23 heavy (non-hydrogen) atoms. The van der Waals surface area contributed by atoms with Crippen LogP contribution in [0.2, 0.25) is 0 Å². The molecular formula is C15H25N5O2S. The van der Waals surface area contributed by atoms with Gasteiger partial charge in [0, 0.05) is 43.3 Å². The Labute approximate surface area is 141 Å². The van der Waals surface area contributed by atoms with Crippen LogP contribution in [0.5, 0.6) is 0 Å². The van der Waals surface area contributed by atoms with Gasteiger partial charge in [0.15, 0.2) is 5.13 Å². The molecule has 2 amide bonds. The van der Waals surface area contributed by atoms with Crippen LogP contribution in [0.15, 0.2) is 11.6 Å². The third-order valence-corrected chi connectivity index (χ3v) is 4.08. The topological polar surface area (TPSA) is 77.6 Å². The Bertz CT molecular complexity index is 518. The lowest BCUT2D eigenvalue weighted by molar-refractivity contribution is -0.124. The van der Waals surface area contributed by atoms with Gasteiger partial charge in [0.05, 0.1) is 13.1 Å². The van der Waals surface area contributed by atoms with Gasteiger partial charge in [-0.25, -0.2) is 4.98 Å². The van der Waals surface area contributed by atoms with Crippen LogP contribution in [0.4, 0.5) is 5.13 Å². The molecule has 128 valence electrons. The van der Waals surface area contributed by atoms with Crippen molar-refractivity contribution in [2.24, 2.45) is 0 Å². The SMILES string of the molecule is CC(C)(C)NC(=O)CN1CCN(CC(=O)Nc2nccs2)CC1. The zero-order valence-electron chi connectivity index (χ0n) is 14.0. The second-order valence-electron chi connectivity index (χ2n) is 6.74. The summed E-state index contributed by atoms with van der Waals surface area (Å²) >= 11 is 1.41. The number of anilines is 1. The Hall–Kier alpha value is -1.51. The maximum Gasteiger partial charge on any atom is 0.240 e. The summed E-state index contributed by atoms with van der Waals surface area (Å²) in [6.07, 6.45) is 1.67. The first-order valence-electron chi connectivity index (χ1n) is 7.77. The van der Waals surface area contributed by atoms with Crippen molar-refractivity contribution in [3.05, 3.63) is 11.6 Å². The molecule has 7 nitrogen and oxygen atoms in total. The highest BCUT2D eigenvalue weighted by Gasteiger charge is 2.22. The summed E-state index contributed by atoms with van der Waals surface area (Å²) in [5, 5.41) is 8.22. The zero-order chi connectivity index (χ0) is 16.9. The van der Waals surface area contributed by atoms with Gasteiger partial charge in [-0.1, -0.05) is 0 Å². The Morgan fingerprint density at radius 1 is 1.13 bits per heavy atom. The predicted octanol–water partition coefficient (Wildman–Crippen LogP) is 0.614. The number of hydrogen-bond acceptors (Lipinski definition) is 6. The van der Waals surface area contributed by atoms with E-state index in [1.54, 1.807) is 6.20 Å². The van der Waals surface area contributed by atoms with Crippen LogP contribution in [0.1, 0.15) is 20.8 Å². The van der Waals surface area contributed by atoms with Gasteiger partial charge in [-0.15, -0.1) is 11.3 Å². The number of nitrogens with one attached hydrogen (secondary N) is 2. The Morgan fingerprint density at radius 2 is 1.70 bits per heavy atom. The van der Waals surface area contributed by atoms with Crippen molar-refractivity contribution in [2.45, 2.75) is 26.3 Å². The van der Waals surface area contributed by atoms with Gasteiger partial charge in [0.1, 0.15) is 0 Å². The number of aromatic nitrogens is 1. The van der Waals surface area contributed by atoms with Gasteiger partial charge in [-0.05, 0) is 20.8 Å². The molecule has 1 fully saturated rings. The van der Waals surface area contributed by atoms with E-state index in [4.69, 9.17) is 0 Å². The number of nitrogens with zero attached hydrogens (tertiary/aromatic N) is 3. The number of thiazole rings is 1. The van der Waals surface area contributed by atoms with Crippen molar-refractivity contribution in [2.75, 3.05) is 44.6 Å². The normalized spacial score (nSPS) is 17.0. The molecule has 0 atom stereocenters. The van der Waals surface area contributed by atoms with Crippen molar-refractivity contribution in [1.29, 1.82) is 0 Å². The number of hydrogen-bond donors (Lipinski definition) is 2. The summed E-state index contributed by atoms with van der Waals surface area (Å²) in [4.78, 5) is 32.1. The van der Waals surface area contributed by atoms with Crippen LogP contribution < -0.4 is 10.6 Å². The summed E-state index contributed by atoms with van der Waals surface area (Å²) in [5.41, 5.74) is -0.202. The van der Waals surface area contributed by atoms with Gasteiger partial charge < -0.3 is 10.6 Å². The molecule has 0 saturated carbocycles. The van der Waals surface area contributed by atoms with E-state index in [2.05, 4.69) is 25.4 Å². The fraction of sp³-hybridized carbons (Fsp3) is 0.667. The lowest BCUT2D eigenvalue weighted by Crippen LogP contribution is -2.52. The van der Waals surface area contributed by atoms with E-state index in [0.717, 1.165) is 26.2 Å². The quantitative estimate of drug-likeness (QED) is 0.822. The molecule has 0 aromatic carbocycles. The zero-order valence-corrected chi connectivity index (χ0v) is 14.8. The molecule has 1 saturated heterocycles. The minimum atomic E-state index is -0.202. The average Bonchev–Trinajstić information content (AvgIpc) is 2.91. The van der Waals surface area contributed by atoms with E-state index < -0.39 is 0 Å². The first kappa shape index (κ1) is 17.8. The van der Waals surface area contributed by atoms with E-state index in [9.17, 15) is 9.59 Å². The van der Waals surface area contributed by atoms with E-state index in [0.29, 0.717) is 18.2 Å². The van der Waals surface area contributed by atoms with Gasteiger partial charge in [-0.2, -0.15) is 0 Å². The van der Waals surface area contributed by atoms with Crippen LogP contribution >= 0.6 is 11.3 Å².